The number of fused-ring (bicyclic) bond motifs is 2. The molecule has 3 heterocycles. The van der Waals surface area contributed by atoms with Crippen LogP contribution < -0.4 is 0 Å². The van der Waals surface area contributed by atoms with E-state index in [1.54, 1.807) is 18.6 Å². The number of aryl methyl sites for hydroxylation is 2. The molecule has 0 atom stereocenters. The van der Waals surface area contributed by atoms with Crippen molar-refractivity contribution in [1.82, 2.24) is 29.1 Å². The largest absolute Gasteiger partial charge is 0.326 e. The first-order chi connectivity index (χ1) is 16.8. The van der Waals surface area contributed by atoms with Gasteiger partial charge in [-0.05, 0) is 48.4 Å². The van der Waals surface area contributed by atoms with Crippen molar-refractivity contribution in [2.45, 2.75) is 19.5 Å². The van der Waals surface area contributed by atoms with Gasteiger partial charge in [-0.2, -0.15) is 0 Å². The molecule has 166 valence electrons. The van der Waals surface area contributed by atoms with Crippen LogP contribution in [0, 0.1) is 5.82 Å². The number of halogens is 1. The van der Waals surface area contributed by atoms with Crippen molar-refractivity contribution in [3.63, 3.8) is 0 Å². The summed E-state index contributed by atoms with van der Waals surface area (Å²) in [5.74, 6) is 1.46. The molecular weight excluding hydrogens is 427 g/mol. The summed E-state index contributed by atoms with van der Waals surface area (Å²) in [6.45, 7) is 1.26. The standard InChI is InChI=1S/C27H21FN6/c28-20-11-9-19(10-12-20)13-16-33-24-7-3-1-5-21(24)31-26(33)18-34-25-8-4-2-6-22(25)32-27(34)23-17-29-14-15-30-23/h1-12,14-15,17H,13,16,18H2. The minimum Gasteiger partial charge on any atom is -0.326 e. The van der Waals surface area contributed by atoms with Crippen LogP contribution in [0.2, 0.25) is 0 Å². The van der Waals surface area contributed by atoms with E-state index in [9.17, 15) is 4.39 Å². The molecule has 3 aromatic heterocycles. The number of benzene rings is 3. The van der Waals surface area contributed by atoms with Gasteiger partial charge in [-0.1, -0.05) is 36.4 Å². The number of imidazole rings is 2. The van der Waals surface area contributed by atoms with Crippen LogP contribution in [0.1, 0.15) is 11.4 Å². The quantitative estimate of drug-likeness (QED) is 0.348. The van der Waals surface area contributed by atoms with Gasteiger partial charge in [-0.25, -0.2) is 19.3 Å². The number of rotatable bonds is 6. The molecule has 0 N–H and O–H groups in total. The van der Waals surface area contributed by atoms with Gasteiger partial charge in [-0.3, -0.25) is 4.98 Å². The molecule has 34 heavy (non-hydrogen) atoms. The summed E-state index contributed by atoms with van der Waals surface area (Å²) in [5, 5.41) is 0. The van der Waals surface area contributed by atoms with E-state index < -0.39 is 0 Å². The smallest absolute Gasteiger partial charge is 0.161 e. The first-order valence-corrected chi connectivity index (χ1v) is 11.2. The van der Waals surface area contributed by atoms with Gasteiger partial charge in [0.1, 0.15) is 17.3 Å². The van der Waals surface area contributed by atoms with Gasteiger partial charge in [0.25, 0.3) is 0 Å². The number of hydrogen-bond donors (Lipinski definition) is 0. The van der Waals surface area contributed by atoms with E-state index in [0.717, 1.165) is 52.2 Å². The Balaban J connectivity index is 1.44. The van der Waals surface area contributed by atoms with Crippen molar-refractivity contribution in [2.24, 2.45) is 0 Å². The molecule has 0 spiro atoms. The molecule has 0 aliphatic heterocycles. The van der Waals surface area contributed by atoms with Crippen LogP contribution in [-0.4, -0.2) is 29.1 Å². The van der Waals surface area contributed by atoms with Gasteiger partial charge >= 0.3 is 0 Å². The highest BCUT2D eigenvalue weighted by Gasteiger charge is 2.18. The van der Waals surface area contributed by atoms with E-state index >= 15 is 0 Å². The van der Waals surface area contributed by atoms with Crippen molar-refractivity contribution in [1.29, 1.82) is 0 Å². The lowest BCUT2D eigenvalue weighted by Crippen LogP contribution is -2.11. The normalized spacial score (nSPS) is 11.4. The number of hydrogen-bond acceptors (Lipinski definition) is 4. The molecular formula is C27H21FN6. The number of nitrogens with zero attached hydrogens (tertiary/aromatic N) is 6. The predicted molar refractivity (Wildman–Crippen MR) is 130 cm³/mol. The highest BCUT2D eigenvalue weighted by atomic mass is 19.1. The lowest BCUT2D eigenvalue weighted by Gasteiger charge is -2.12. The minimum atomic E-state index is -0.221. The fraction of sp³-hybridized carbons (Fsp3) is 0.111. The maximum Gasteiger partial charge on any atom is 0.161 e. The predicted octanol–water partition coefficient (Wildman–Crippen LogP) is 5.27. The molecule has 0 aliphatic carbocycles. The van der Waals surface area contributed by atoms with E-state index in [2.05, 4.69) is 31.2 Å². The summed E-state index contributed by atoms with van der Waals surface area (Å²) < 4.78 is 17.7. The van der Waals surface area contributed by atoms with Crippen LogP contribution in [0.25, 0.3) is 33.6 Å². The summed E-state index contributed by atoms with van der Waals surface area (Å²) >= 11 is 0. The second-order valence-corrected chi connectivity index (χ2v) is 8.15. The second-order valence-electron chi connectivity index (χ2n) is 8.15. The maximum absolute atomic E-state index is 13.4. The Labute approximate surface area is 195 Å². The van der Waals surface area contributed by atoms with Crippen LogP contribution in [0.5, 0.6) is 0 Å². The van der Waals surface area contributed by atoms with E-state index in [1.165, 1.54) is 12.1 Å². The lowest BCUT2D eigenvalue weighted by atomic mass is 10.1. The average molecular weight is 449 g/mol. The van der Waals surface area contributed by atoms with E-state index in [1.807, 2.05) is 48.5 Å². The molecule has 0 fully saturated rings. The Bertz CT molecular complexity index is 1580. The van der Waals surface area contributed by atoms with Crippen LogP contribution in [-0.2, 0) is 19.5 Å². The molecule has 0 unspecified atom stereocenters. The lowest BCUT2D eigenvalue weighted by molar-refractivity contribution is 0.623. The van der Waals surface area contributed by atoms with E-state index in [4.69, 9.17) is 9.97 Å². The number of aromatic nitrogens is 6. The van der Waals surface area contributed by atoms with Gasteiger partial charge in [-0.15, -0.1) is 0 Å². The molecule has 6 nitrogen and oxygen atoms in total. The molecule has 0 radical (unpaired) electrons. The van der Waals surface area contributed by atoms with Crippen molar-refractivity contribution < 1.29 is 4.39 Å². The van der Waals surface area contributed by atoms with Gasteiger partial charge < -0.3 is 9.13 Å². The molecule has 0 saturated heterocycles. The zero-order valence-electron chi connectivity index (χ0n) is 18.3. The Kier molecular flexibility index (Phi) is 5.07. The van der Waals surface area contributed by atoms with Crippen LogP contribution >= 0.6 is 0 Å². The highest BCUT2D eigenvalue weighted by Crippen LogP contribution is 2.26. The third kappa shape index (κ3) is 3.71. The van der Waals surface area contributed by atoms with E-state index in [-0.39, 0.29) is 5.82 Å². The summed E-state index contributed by atoms with van der Waals surface area (Å²) in [5.41, 5.74) is 5.73. The van der Waals surface area contributed by atoms with Crippen molar-refractivity contribution >= 4 is 22.1 Å². The third-order valence-electron chi connectivity index (χ3n) is 6.02. The third-order valence-corrected chi connectivity index (χ3v) is 6.02. The molecule has 6 rings (SSSR count). The SMILES string of the molecule is Fc1ccc(CCn2c(Cn3c(-c4cnccn4)nc4ccccc43)nc3ccccc32)cc1. The van der Waals surface area contributed by atoms with Crippen molar-refractivity contribution in [2.75, 3.05) is 0 Å². The average Bonchev–Trinajstić information content (AvgIpc) is 3.42. The Morgan fingerprint density at radius 3 is 2.18 bits per heavy atom. The molecule has 0 saturated carbocycles. The molecule has 3 aromatic carbocycles. The Hall–Kier alpha value is -4.39. The molecule has 7 heteroatoms. The van der Waals surface area contributed by atoms with Gasteiger partial charge in [0.15, 0.2) is 5.82 Å². The molecule has 0 bridgehead atoms. The highest BCUT2D eigenvalue weighted by molar-refractivity contribution is 5.80. The zero-order valence-corrected chi connectivity index (χ0v) is 18.3. The number of para-hydroxylation sites is 4. The molecule has 6 aromatic rings. The van der Waals surface area contributed by atoms with Gasteiger partial charge in [0, 0.05) is 18.9 Å². The van der Waals surface area contributed by atoms with E-state index in [0.29, 0.717) is 12.2 Å². The minimum absolute atomic E-state index is 0.221. The first-order valence-electron chi connectivity index (χ1n) is 11.2. The zero-order chi connectivity index (χ0) is 22.9. The summed E-state index contributed by atoms with van der Waals surface area (Å²) in [4.78, 5) is 18.6. The van der Waals surface area contributed by atoms with Gasteiger partial charge in [0.05, 0.1) is 34.8 Å². The monoisotopic (exact) mass is 448 g/mol. The summed E-state index contributed by atoms with van der Waals surface area (Å²) in [6, 6.07) is 22.9. The van der Waals surface area contributed by atoms with Crippen LogP contribution in [0.15, 0.2) is 91.4 Å². The van der Waals surface area contributed by atoms with Crippen LogP contribution in [0.3, 0.4) is 0 Å². The van der Waals surface area contributed by atoms with Gasteiger partial charge in [0.2, 0.25) is 0 Å². The molecule has 0 amide bonds. The molecule has 0 aliphatic rings. The Morgan fingerprint density at radius 2 is 1.44 bits per heavy atom. The first kappa shape index (κ1) is 20.2. The topological polar surface area (TPSA) is 61.4 Å². The summed E-state index contributed by atoms with van der Waals surface area (Å²) in [7, 11) is 0. The van der Waals surface area contributed by atoms with Crippen molar-refractivity contribution in [3.8, 4) is 11.5 Å². The summed E-state index contributed by atoms with van der Waals surface area (Å²) in [6.07, 6.45) is 5.84. The fourth-order valence-corrected chi connectivity index (χ4v) is 4.37. The second kappa shape index (κ2) is 8.51. The van der Waals surface area contributed by atoms with Crippen molar-refractivity contribution in [3.05, 3.63) is 109 Å². The Morgan fingerprint density at radius 1 is 0.735 bits per heavy atom. The fourth-order valence-electron chi connectivity index (χ4n) is 4.37. The maximum atomic E-state index is 13.4. The van der Waals surface area contributed by atoms with Crippen LogP contribution in [0.4, 0.5) is 4.39 Å².